The largest absolute Gasteiger partial charge is 0.463 e. The van der Waals surface area contributed by atoms with Crippen LogP contribution in [0, 0.1) is 11.3 Å². The predicted molar refractivity (Wildman–Crippen MR) is 114 cm³/mol. The number of carbonyl (C=O) groups is 1. The van der Waals surface area contributed by atoms with Crippen LogP contribution in [0.25, 0.3) is 22.4 Å². The molecule has 152 valence electrons. The van der Waals surface area contributed by atoms with Crippen molar-refractivity contribution in [3.05, 3.63) is 74.5 Å². The number of hydrogen-bond acceptors (Lipinski definition) is 6. The molecule has 0 atom stereocenters. The van der Waals surface area contributed by atoms with Crippen molar-refractivity contribution >= 4 is 29.2 Å². The van der Waals surface area contributed by atoms with E-state index in [1.807, 2.05) is 6.07 Å². The van der Waals surface area contributed by atoms with Crippen LogP contribution in [0.2, 0.25) is 10.0 Å². The second-order valence-corrected chi connectivity index (χ2v) is 7.05. The van der Waals surface area contributed by atoms with E-state index in [1.54, 1.807) is 48.5 Å². The van der Waals surface area contributed by atoms with E-state index in [9.17, 15) is 14.9 Å². The predicted octanol–water partition coefficient (Wildman–Crippen LogP) is 3.26. The third-order valence-electron chi connectivity index (χ3n) is 4.25. The van der Waals surface area contributed by atoms with Gasteiger partial charge in [-0.1, -0.05) is 47.5 Å². The van der Waals surface area contributed by atoms with Crippen LogP contribution in [0.3, 0.4) is 0 Å². The summed E-state index contributed by atoms with van der Waals surface area (Å²) < 4.78 is 6.04. The first-order valence-corrected chi connectivity index (χ1v) is 9.63. The molecule has 0 radical (unpaired) electrons. The maximum atomic E-state index is 12.9. The van der Waals surface area contributed by atoms with Crippen molar-refractivity contribution in [1.29, 1.82) is 5.26 Å². The zero-order valence-electron chi connectivity index (χ0n) is 15.6. The van der Waals surface area contributed by atoms with Crippen LogP contribution in [0.5, 0.6) is 0 Å². The topological polar surface area (TPSA) is 111 Å². The molecule has 0 aliphatic carbocycles. The standard InChI is InChI=1S/C21H16Cl2N4O3/c22-15-5-1-13(2-6-15)19-17(11-24)21(29)27(9-10-30-18(28)12-25)26-20(19)14-3-7-16(23)8-4-14/h1-8H,9-10,12,25H2. The van der Waals surface area contributed by atoms with Crippen molar-refractivity contribution in [3.8, 4) is 28.5 Å². The highest BCUT2D eigenvalue weighted by Gasteiger charge is 2.20. The number of ether oxygens (including phenoxy) is 1. The van der Waals surface area contributed by atoms with Crippen molar-refractivity contribution in [2.24, 2.45) is 5.73 Å². The summed E-state index contributed by atoms with van der Waals surface area (Å²) in [6.07, 6.45) is 0. The average molecular weight is 443 g/mol. The van der Waals surface area contributed by atoms with Crippen LogP contribution < -0.4 is 11.3 Å². The lowest BCUT2D eigenvalue weighted by Crippen LogP contribution is -2.29. The fourth-order valence-corrected chi connectivity index (χ4v) is 3.09. The number of nitrogens with zero attached hydrogens (tertiary/aromatic N) is 3. The summed E-state index contributed by atoms with van der Waals surface area (Å²) in [5, 5.41) is 15.3. The van der Waals surface area contributed by atoms with Gasteiger partial charge in [-0.05, 0) is 29.8 Å². The van der Waals surface area contributed by atoms with Gasteiger partial charge in [-0.2, -0.15) is 10.4 Å². The van der Waals surface area contributed by atoms with Crippen LogP contribution >= 0.6 is 23.2 Å². The second-order valence-electron chi connectivity index (χ2n) is 6.18. The fourth-order valence-electron chi connectivity index (χ4n) is 2.84. The molecule has 1 heterocycles. The van der Waals surface area contributed by atoms with Gasteiger partial charge in [-0.15, -0.1) is 0 Å². The van der Waals surface area contributed by atoms with Gasteiger partial charge < -0.3 is 10.5 Å². The molecular formula is C21H16Cl2N4O3. The van der Waals surface area contributed by atoms with E-state index in [0.29, 0.717) is 32.4 Å². The molecule has 0 saturated heterocycles. The van der Waals surface area contributed by atoms with E-state index in [-0.39, 0.29) is 25.3 Å². The van der Waals surface area contributed by atoms with Gasteiger partial charge in [0.15, 0.2) is 0 Å². The van der Waals surface area contributed by atoms with Gasteiger partial charge in [0.1, 0.15) is 23.9 Å². The molecule has 7 nitrogen and oxygen atoms in total. The molecule has 0 fully saturated rings. The monoisotopic (exact) mass is 442 g/mol. The summed E-state index contributed by atoms with van der Waals surface area (Å²) in [6, 6.07) is 15.6. The summed E-state index contributed by atoms with van der Waals surface area (Å²) in [4.78, 5) is 24.2. The number of carbonyl (C=O) groups excluding carboxylic acids is 1. The Hall–Kier alpha value is -3.18. The number of nitrogens with two attached hydrogens (primary N) is 1. The zero-order chi connectivity index (χ0) is 21.7. The molecule has 9 heteroatoms. The molecule has 0 aliphatic heterocycles. The minimum atomic E-state index is -0.598. The summed E-state index contributed by atoms with van der Waals surface area (Å²) >= 11 is 12.0. The van der Waals surface area contributed by atoms with E-state index in [2.05, 4.69) is 5.10 Å². The SMILES string of the molecule is N#Cc1c(-c2ccc(Cl)cc2)c(-c2ccc(Cl)cc2)nn(CCOC(=O)CN)c1=O. The van der Waals surface area contributed by atoms with E-state index in [4.69, 9.17) is 33.7 Å². The Morgan fingerprint density at radius 2 is 1.63 bits per heavy atom. The Labute approximate surface area is 182 Å². The highest BCUT2D eigenvalue weighted by molar-refractivity contribution is 6.31. The Morgan fingerprint density at radius 3 is 2.17 bits per heavy atom. The lowest BCUT2D eigenvalue weighted by Gasteiger charge is -2.15. The molecule has 0 unspecified atom stereocenters. The summed E-state index contributed by atoms with van der Waals surface area (Å²) in [6.45, 7) is -0.397. The average Bonchev–Trinajstić information content (AvgIpc) is 2.75. The van der Waals surface area contributed by atoms with Crippen LogP contribution in [-0.4, -0.2) is 28.9 Å². The van der Waals surface area contributed by atoms with E-state index >= 15 is 0 Å². The lowest BCUT2D eigenvalue weighted by atomic mass is 9.96. The number of benzene rings is 2. The Kier molecular flexibility index (Phi) is 6.85. The first-order valence-electron chi connectivity index (χ1n) is 8.87. The number of rotatable bonds is 6. The van der Waals surface area contributed by atoms with E-state index < -0.39 is 11.5 Å². The van der Waals surface area contributed by atoms with Gasteiger partial charge in [0.25, 0.3) is 5.56 Å². The molecule has 0 spiro atoms. The highest BCUT2D eigenvalue weighted by Crippen LogP contribution is 2.33. The molecule has 0 amide bonds. The molecular weight excluding hydrogens is 427 g/mol. The molecule has 0 bridgehead atoms. The number of aromatic nitrogens is 2. The highest BCUT2D eigenvalue weighted by atomic mass is 35.5. The van der Waals surface area contributed by atoms with Crippen molar-refractivity contribution in [2.45, 2.75) is 6.54 Å². The van der Waals surface area contributed by atoms with Crippen molar-refractivity contribution in [3.63, 3.8) is 0 Å². The normalized spacial score (nSPS) is 10.5. The molecule has 3 aromatic rings. The Bertz CT molecular complexity index is 1170. The Balaban J connectivity index is 2.19. The second kappa shape index (κ2) is 9.55. The maximum absolute atomic E-state index is 12.9. The van der Waals surface area contributed by atoms with Gasteiger partial charge in [-0.3, -0.25) is 9.59 Å². The molecule has 30 heavy (non-hydrogen) atoms. The van der Waals surface area contributed by atoms with Crippen molar-refractivity contribution < 1.29 is 9.53 Å². The first-order chi connectivity index (χ1) is 14.4. The van der Waals surface area contributed by atoms with Gasteiger partial charge >= 0.3 is 5.97 Å². The number of hydrogen-bond donors (Lipinski definition) is 1. The molecule has 0 aliphatic rings. The number of nitriles is 1. The number of esters is 1. The van der Waals surface area contributed by atoms with Gasteiger partial charge in [0.05, 0.1) is 13.1 Å². The van der Waals surface area contributed by atoms with Crippen LogP contribution in [0.4, 0.5) is 0 Å². The molecule has 1 aromatic heterocycles. The number of halogens is 2. The van der Waals surface area contributed by atoms with Gasteiger partial charge in [0.2, 0.25) is 0 Å². The summed E-state index contributed by atoms with van der Waals surface area (Å²) in [5.41, 5.74) is 6.61. The molecule has 2 N–H and O–H groups in total. The van der Waals surface area contributed by atoms with Crippen LogP contribution in [0.1, 0.15) is 5.56 Å². The van der Waals surface area contributed by atoms with Crippen molar-refractivity contribution in [1.82, 2.24) is 9.78 Å². The smallest absolute Gasteiger partial charge is 0.319 e. The third-order valence-corrected chi connectivity index (χ3v) is 4.75. The first kappa shape index (κ1) is 21.5. The van der Waals surface area contributed by atoms with E-state index in [1.165, 1.54) is 0 Å². The van der Waals surface area contributed by atoms with E-state index in [0.717, 1.165) is 4.68 Å². The zero-order valence-corrected chi connectivity index (χ0v) is 17.2. The van der Waals surface area contributed by atoms with Crippen LogP contribution in [0.15, 0.2) is 53.3 Å². The minimum absolute atomic E-state index is 0.0270. The third kappa shape index (κ3) is 4.69. The summed E-state index contributed by atoms with van der Waals surface area (Å²) in [7, 11) is 0. The van der Waals surface area contributed by atoms with Crippen molar-refractivity contribution in [2.75, 3.05) is 13.2 Å². The van der Waals surface area contributed by atoms with Crippen LogP contribution in [-0.2, 0) is 16.1 Å². The van der Waals surface area contributed by atoms with Gasteiger partial charge in [0, 0.05) is 21.2 Å². The molecule has 0 saturated carbocycles. The quantitative estimate of drug-likeness (QED) is 0.586. The maximum Gasteiger partial charge on any atom is 0.319 e. The Morgan fingerprint density at radius 1 is 1.07 bits per heavy atom. The minimum Gasteiger partial charge on any atom is -0.463 e. The van der Waals surface area contributed by atoms with Gasteiger partial charge in [-0.25, -0.2) is 4.68 Å². The lowest BCUT2D eigenvalue weighted by molar-refractivity contribution is -0.142. The summed E-state index contributed by atoms with van der Waals surface area (Å²) in [5.74, 6) is -0.598. The molecule has 3 rings (SSSR count). The fraction of sp³-hybridized carbons (Fsp3) is 0.143. The molecule has 2 aromatic carbocycles.